The number of carbonyl (C=O) groups excluding carboxylic acids is 1. The molecular formula is C28H28N4O3. The second-order valence-corrected chi connectivity index (χ2v) is 9.02. The van der Waals surface area contributed by atoms with Crippen molar-refractivity contribution in [1.29, 1.82) is 0 Å². The highest BCUT2D eigenvalue weighted by atomic mass is 16.5. The highest BCUT2D eigenvalue weighted by molar-refractivity contribution is 6.04. The smallest absolute Gasteiger partial charge is 0.255 e. The zero-order chi connectivity index (χ0) is 24.4. The van der Waals surface area contributed by atoms with E-state index in [2.05, 4.69) is 34.3 Å². The first-order valence-corrected chi connectivity index (χ1v) is 11.8. The van der Waals surface area contributed by atoms with Gasteiger partial charge < -0.3 is 19.4 Å². The van der Waals surface area contributed by atoms with Crippen molar-refractivity contribution in [3.05, 3.63) is 83.9 Å². The van der Waals surface area contributed by atoms with Crippen LogP contribution in [0.15, 0.2) is 77.2 Å². The number of hydrogen-bond acceptors (Lipinski definition) is 6. The fourth-order valence-corrected chi connectivity index (χ4v) is 4.35. The molecule has 0 radical (unpaired) electrons. The number of benzene rings is 3. The Morgan fingerprint density at radius 3 is 2.20 bits per heavy atom. The average Bonchev–Trinajstić information content (AvgIpc) is 3.34. The second kappa shape index (κ2) is 9.72. The van der Waals surface area contributed by atoms with Crippen LogP contribution in [0.5, 0.6) is 0 Å². The summed E-state index contributed by atoms with van der Waals surface area (Å²) in [6.45, 7) is 7.90. The van der Waals surface area contributed by atoms with Gasteiger partial charge in [0, 0.05) is 41.2 Å². The Hall–Kier alpha value is -3.97. The molecule has 2 heterocycles. The summed E-state index contributed by atoms with van der Waals surface area (Å²) in [4.78, 5) is 15.1. The lowest BCUT2D eigenvalue weighted by molar-refractivity contribution is -0.00521. The van der Waals surface area contributed by atoms with Crippen molar-refractivity contribution in [3.63, 3.8) is 0 Å². The van der Waals surface area contributed by atoms with E-state index in [0.29, 0.717) is 17.3 Å². The van der Waals surface area contributed by atoms with Gasteiger partial charge in [-0.05, 0) is 81.4 Å². The van der Waals surface area contributed by atoms with Gasteiger partial charge in [-0.25, -0.2) is 0 Å². The first kappa shape index (κ1) is 22.8. The molecule has 1 aromatic heterocycles. The molecule has 0 saturated carbocycles. The minimum Gasteiger partial charge on any atom is -0.416 e. The van der Waals surface area contributed by atoms with Crippen LogP contribution in [0.4, 0.5) is 11.4 Å². The molecule has 178 valence electrons. The molecule has 1 N–H and O–H groups in total. The second-order valence-electron chi connectivity index (χ2n) is 9.02. The number of aryl methyl sites for hydroxylation is 1. The number of aromatic nitrogens is 2. The SMILES string of the molecule is Cc1cccc(-c2nnc(-c3ccc(C(=O)Nc4ccc(N5CC(C)OC(C)C5)cc4)cc3)o2)c1. The van der Waals surface area contributed by atoms with E-state index in [1.165, 1.54) is 0 Å². The number of morpholine rings is 1. The van der Waals surface area contributed by atoms with Gasteiger partial charge in [-0.3, -0.25) is 4.79 Å². The number of nitrogens with zero attached hydrogens (tertiary/aromatic N) is 3. The van der Waals surface area contributed by atoms with Crippen molar-refractivity contribution < 1.29 is 13.9 Å². The maximum Gasteiger partial charge on any atom is 0.255 e. The molecule has 3 aromatic carbocycles. The summed E-state index contributed by atoms with van der Waals surface area (Å²) in [5.41, 5.74) is 5.18. The minimum atomic E-state index is -0.177. The summed E-state index contributed by atoms with van der Waals surface area (Å²) in [6, 6.07) is 23.0. The monoisotopic (exact) mass is 468 g/mol. The highest BCUT2D eigenvalue weighted by Gasteiger charge is 2.22. The molecule has 0 spiro atoms. The fraction of sp³-hybridized carbons (Fsp3) is 0.250. The van der Waals surface area contributed by atoms with Crippen LogP contribution in [0.2, 0.25) is 0 Å². The van der Waals surface area contributed by atoms with E-state index in [1.54, 1.807) is 12.1 Å². The molecule has 7 nitrogen and oxygen atoms in total. The summed E-state index contributed by atoms with van der Waals surface area (Å²) in [5.74, 6) is 0.703. The molecular weight excluding hydrogens is 440 g/mol. The number of hydrogen-bond donors (Lipinski definition) is 1. The van der Waals surface area contributed by atoms with Crippen LogP contribution in [0.3, 0.4) is 0 Å². The Morgan fingerprint density at radius 2 is 1.54 bits per heavy atom. The van der Waals surface area contributed by atoms with Crippen LogP contribution >= 0.6 is 0 Å². The molecule has 1 aliphatic heterocycles. The predicted octanol–water partition coefficient (Wildman–Crippen LogP) is 5.58. The maximum atomic E-state index is 12.8. The summed E-state index contributed by atoms with van der Waals surface area (Å²) in [5, 5.41) is 11.3. The van der Waals surface area contributed by atoms with Gasteiger partial charge in [-0.2, -0.15) is 0 Å². The van der Waals surface area contributed by atoms with E-state index in [4.69, 9.17) is 9.15 Å². The Morgan fingerprint density at radius 1 is 0.886 bits per heavy atom. The van der Waals surface area contributed by atoms with Crippen molar-refractivity contribution in [2.45, 2.75) is 33.0 Å². The van der Waals surface area contributed by atoms with E-state index >= 15 is 0 Å². The molecule has 1 aliphatic rings. The molecule has 5 rings (SSSR count). The molecule has 0 bridgehead atoms. The van der Waals surface area contributed by atoms with Crippen molar-refractivity contribution in [3.8, 4) is 22.9 Å². The van der Waals surface area contributed by atoms with Gasteiger partial charge in [0.15, 0.2) is 0 Å². The van der Waals surface area contributed by atoms with Crippen LogP contribution in [-0.4, -0.2) is 41.4 Å². The van der Waals surface area contributed by atoms with Gasteiger partial charge in [-0.1, -0.05) is 17.7 Å². The van der Waals surface area contributed by atoms with Gasteiger partial charge in [0.2, 0.25) is 11.8 Å². The molecule has 7 heteroatoms. The van der Waals surface area contributed by atoms with E-state index in [-0.39, 0.29) is 18.1 Å². The van der Waals surface area contributed by atoms with Gasteiger partial charge in [0.25, 0.3) is 5.91 Å². The standard InChI is InChI=1S/C28H28N4O3/c1-18-5-4-6-23(15-18)28-31-30-27(35-28)22-9-7-21(8-10-22)26(33)29-24-11-13-25(14-12-24)32-16-19(2)34-20(3)17-32/h4-15,19-20H,16-17H2,1-3H3,(H,29,33). The molecule has 1 fully saturated rings. The van der Waals surface area contributed by atoms with Crippen molar-refractivity contribution >= 4 is 17.3 Å². The van der Waals surface area contributed by atoms with E-state index in [0.717, 1.165) is 41.2 Å². The quantitative estimate of drug-likeness (QED) is 0.412. The predicted molar refractivity (Wildman–Crippen MR) is 137 cm³/mol. The number of nitrogens with one attached hydrogen (secondary N) is 1. The van der Waals surface area contributed by atoms with Gasteiger partial charge >= 0.3 is 0 Å². The third-order valence-corrected chi connectivity index (χ3v) is 5.99. The summed E-state index contributed by atoms with van der Waals surface area (Å²) in [7, 11) is 0. The lowest BCUT2D eigenvalue weighted by Gasteiger charge is -2.36. The third-order valence-electron chi connectivity index (χ3n) is 5.99. The van der Waals surface area contributed by atoms with Gasteiger partial charge in [0.05, 0.1) is 12.2 Å². The zero-order valence-corrected chi connectivity index (χ0v) is 20.1. The maximum absolute atomic E-state index is 12.8. The van der Waals surface area contributed by atoms with E-state index in [1.807, 2.05) is 67.6 Å². The van der Waals surface area contributed by atoms with Crippen LogP contribution in [0.25, 0.3) is 22.9 Å². The fourth-order valence-electron chi connectivity index (χ4n) is 4.35. The Labute approximate surface area is 204 Å². The van der Waals surface area contributed by atoms with E-state index in [9.17, 15) is 4.79 Å². The van der Waals surface area contributed by atoms with Crippen LogP contribution < -0.4 is 10.2 Å². The Kier molecular flexibility index (Phi) is 6.33. The largest absolute Gasteiger partial charge is 0.416 e. The van der Waals surface area contributed by atoms with Crippen LogP contribution in [0.1, 0.15) is 29.8 Å². The number of rotatable bonds is 5. The highest BCUT2D eigenvalue weighted by Crippen LogP contribution is 2.26. The third kappa shape index (κ3) is 5.25. The molecule has 2 atom stereocenters. The van der Waals surface area contributed by atoms with Gasteiger partial charge in [0.1, 0.15) is 0 Å². The van der Waals surface area contributed by atoms with E-state index < -0.39 is 0 Å². The average molecular weight is 469 g/mol. The number of amides is 1. The minimum absolute atomic E-state index is 0.177. The van der Waals surface area contributed by atoms with Crippen molar-refractivity contribution in [2.24, 2.45) is 0 Å². The lowest BCUT2D eigenvalue weighted by Crippen LogP contribution is -2.45. The number of anilines is 2. The topological polar surface area (TPSA) is 80.5 Å². The molecule has 0 aliphatic carbocycles. The molecule has 1 amide bonds. The normalized spacial score (nSPS) is 17.9. The Bertz CT molecular complexity index is 1300. The molecule has 2 unspecified atom stereocenters. The van der Waals surface area contributed by atoms with Gasteiger partial charge in [-0.15, -0.1) is 10.2 Å². The molecule has 1 saturated heterocycles. The van der Waals surface area contributed by atoms with Crippen molar-refractivity contribution in [2.75, 3.05) is 23.3 Å². The first-order valence-electron chi connectivity index (χ1n) is 11.8. The lowest BCUT2D eigenvalue weighted by atomic mass is 10.1. The number of carbonyl (C=O) groups is 1. The summed E-state index contributed by atoms with van der Waals surface area (Å²) in [6.07, 6.45) is 0.393. The van der Waals surface area contributed by atoms with Crippen molar-refractivity contribution in [1.82, 2.24) is 10.2 Å². The van der Waals surface area contributed by atoms with Crippen LogP contribution in [-0.2, 0) is 4.74 Å². The summed E-state index contributed by atoms with van der Waals surface area (Å²) < 4.78 is 11.7. The molecule has 35 heavy (non-hydrogen) atoms. The zero-order valence-electron chi connectivity index (χ0n) is 20.1. The van der Waals surface area contributed by atoms with Crippen LogP contribution in [0, 0.1) is 6.92 Å². The first-order chi connectivity index (χ1) is 16.9. The summed E-state index contributed by atoms with van der Waals surface area (Å²) >= 11 is 0. The Balaban J connectivity index is 1.23. The molecule has 4 aromatic rings. The number of ether oxygens (including phenoxy) is 1.